The molecule has 8 heteroatoms. The predicted molar refractivity (Wildman–Crippen MR) is 101 cm³/mol. The van der Waals surface area contributed by atoms with Gasteiger partial charge in [-0.05, 0) is 31.4 Å². The van der Waals surface area contributed by atoms with Crippen LogP contribution < -0.4 is 14.8 Å². The summed E-state index contributed by atoms with van der Waals surface area (Å²) in [5, 5.41) is 2.86. The van der Waals surface area contributed by atoms with E-state index in [-0.39, 0.29) is 24.1 Å². The van der Waals surface area contributed by atoms with Crippen LogP contribution in [0.2, 0.25) is 0 Å². The number of nitrogens with zero attached hydrogens (tertiary/aromatic N) is 1. The number of rotatable bonds is 8. The summed E-state index contributed by atoms with van der Waals surface area (Å²) in [6.07, 6.45) is 2.82. The maximum absolute atomic E-state index is 12.7. The summed E-state index contributed by atoms with van der Waals surface area (Å²) in [6, 6.07) is 5.15. The Hall–Kier alpha value is -1.80. The molecular formula is C18H28N2O5S. The molecular weight excluding hydrogens is 356 g/mol. The first-order valence-corrected chi connectivity index (χ1v) is 10.5. The number of carbonyl (C=O) groups excluding carboxylic acids is 1. The van der Waals surface area contributed by atoms with Crippen molar-refractivity contribution in [2.24, 2.45) is 5.92 Å². The Bertz CT molecular complexity index is 720. The monoisotopic (exact) mass is 384 g/mol. The van der Waals surface area contributed by atoms with Crippen LogP contribution in [0.5, 0.6) is 11.5 Å². The molecule has 1 heterocycles. The Morgan fingerprint density at radius 3 is 2.73 bits per heavy atom. The molecule has 1 aliphatic rings. The first kappa shape index (κ1) is 20.5. The van der Waals surface area contributed by atoms with Crippen LogP contribution in [0.15, 0.2) is 18.2 Å². The molecule has 0 bridgehead atoms. The van der Waals surface area contributed by atoms with E-state index in [9.17, 15) is 13.2 Å². The van der Waals surface area contributed by atoms with Gasteiger partial charge >= 0.3 is 0 Å². The second-order valence-electron chi connectivity index (χ2n) is 6.42. The summed E-state index contributed by atoms with van der Waals surface area (Å²) in [5.74, 6) is 0.715. The SMILES string of the molecule is CCCCS(=O)(=O)N1CCCC(C(=O)Nc2ccc(OC)cc2OC)C1. The number of hydrogen-bond acceptors (Lipinski definition) is 5. The highest BCUT2D eigenvalue weighted by atomic mass is 32.2. The van der Waals surface area contributed by atoms with Crippen LogP contribution >= 0.6 is 0 Å². The van der Waals surface area contributed by atoms with Crippen molar-refractivity contribution in [3.63, 3.8) is 0 Å². The van der Waals surface area contributed by atoms with E-state index in [0.29, 0.717) is 43.0 Å². The van der Waals surface area contributed by atoms with E-state index < -0.39 is 10.0 Å². The summed E-state index contributed by atoms with van der Waals surface area (Å²) in [4.78, 5) is 12.7. The van der Waals surface area contributed by atoms with Crippen LogP contribution in [0.4, 0.5) is 5.69 Å². The fraction of sp³-hybridized carbons (Fsp3) is 0.611. The number of piperidine rings is 1. The Balaban J connectivity index is 2.05. The van der Waals surface area contributed by atoms with Gasteiger partial charge in [-0.15, -0.1) is 0 Å². The Morgan fingerprint density at radius 1 is 1.31 bits per heavy atom. The fourth-order valence-electron chi connectivity index (χ4n) is 3.00. The van der Waals surface area contributed by atoms with Crippen molar-refractivity contribution in [2.75, 3.05) is 38.4 Å². The van der Waals surface area contributed by atoms with Gasteiger partial charge in [0.05, 0.1) is 31.6 Å². The molecule has 1 atom stereocenters. The van der Waals surface area contributed by atoms with Crippen molar-refractivity contribution in [1.29, 1.82) is 0 Å². The number of benzene rings is 1. The average Bonchev–Trinajstić information content (AvgIpc) is 2.66. The zero-order valence-corrected chi connectivity index (χ0v) is 16.5. The standard InChI is InChI=1S/C18H28N2O5S/c1-4-5-11-26(22,23)20-10-6-7-14(13-20)18(21)19-16-9-8-15(24-2)12-17(16)25-3/h8-9,12,14H,4-7,10-11,13H2,1-3H3,(H,19,21). The molecule has 0 aromatic heterocycles. The zero-order valence-electron chi connectivity index (χ0n) is 15.7. The molecule has 0 saturated carbocycles. The van der Waals surface area contributed by atoms with Crippen LogP contribution in [0.25, 0.3) is 0 Å². The zero-order chi connectivity index (χ0) is 19.2. The molecule has 1 saturated heterocycles. The smallest absolute Gasteiger partial charge is 0.228 e. The number of unbranched alkanes of at least 4 members (excludes halogenated alkanes) is 1. The van der Waals surface area contributed by atoms with E-state index in [1.165, 1.54) is 11.4 Å². The van der Waals surface area contributed by atoms with Crippen molar-refractivity contribution in [1.82, 2.24) is 4.31 Å². The van der Waals surface area contributed by atoms with E-state index in [1.807, 2.05) is 6.92 Å². The van der Waals surface area contributed by atoms with Crippen LogP contribution in [-0.2, 0) is 14.8 Å². The molecule has 2 rings (SSSR count). The summed E-state index contributed by atoms with van der Waals surface area (Å²) >= 11 is 0. The molecule has 146 valence electrons. The number of ether oxygens (including phenoxy) is 2. The van der Waals surface area contributed by atoms with Crippen molar-refractivity contribution in [3.05, 3.63) is 18.2 Å². The molecule has 1 fully saturated rings. The molecule has 1 aliphatic heterocycles. The number of nitrogens with one attached hydrogen (secondary N) is 1. The Labute approximate surface area is 155 Å². The molecule has 0 aliphatic carbocycles. The molecule has 0 spiro atoms. The lowest BCUT2D eigenvalue weighted by atomic mass is 9.98. The Morgan fingerprint density at radius 2 is 2.08 bits per heavy atom. The van der Waals surface area contributed by atoms with Gasteiger partial charge in [-0.3, -0.25) is 4.79 Å². The van der Waals surface area contributed by atoms with E-state index in [2.05, 4.69) is 5.32 Å². The number of amides is 1. The minimum atomic E-state index is -3.29. The van der Waals surface area contributed by atoms with E-state index in [0.717, 1.165) is 6.42 Å². The van der Waals surface area contributed by atoms with E-state index in [4.69, 9.17) is 9.47 Å². The lowest BCUT2D eigenvalue weighted by Gasteiger charge is -2.31. The molecule has 1 aromatic carbocycles. The van der Waals surface area contributed by atoms with Crippen molar-refractivity contribution < 1.29 is 22.7 Å². The lowest BCUT2D eigenvalue weighted by Crippen LogP contribution is -2.44. The maximum Gasteiger partial charge on any atom is 0.228 e. The quantitative estimate of drug-likeness (QED) is 0.744. The molecule has 26 heavy (non-hydrogen) atoms. The third kappa shape index (κ3) is 5.11. The van der Waals surface area contributed by atoms with E-state index in [1.54, 1.807) is 25.3 Å². The maximum atomic E-state index is 12.7. The number of anilines is 1. The third-order valence-corrected chi connectivity index (χ3v) is 6.49. The number of carbonyl (C=O) groups is 1. The highest BCUT2D eigenvalue weighted by Crippen LogP contribution is 2.30. The topological polar surface area (TPSA) is 84.9 Å². The minimum Gasteiger partial charge on any atom is -0.497 e. The van der Waals surface area contributed by atoms with Crippen molar-refractivity contribution in [3.8, 4) is 11.5 Å². The molecule has 1 N–H and O–H groups in total. The highest BCUT2D eigenvalue weighted by molar-refractivity contribution is 7.89. The van der Waals surface area contributed by atoms with Crippen molar-refractivity contribution >= 4 is 21.6 Å². The van der Waals surface area contributed by atoms with Gasteiger partial charge < -0.3 is 14.8 Å². The van der Waals surface area contributed by atoms with Gasteiger partial charge in [0.2, 0.25) is 15.9 Å². The summed E-state index contributed by atoms with van der Waals surface area (Å²) in [5.41, 5.74) is 0.546. The first-order valence-electron chi connectivity index (χ1n) is 8.92. The summed E-state index contributed by atoms with van der Waals surface area (Å²) in [6.45, 7) is 2.68. The van der Waals surface area contributed by atoms with Crippen LogP contribution in [0.1, 0.15) is 32.6 Å². The first-order chi connectivity index (χ1) is 12.4. The van der Waals surface area contributed by atoms with Gasteiger partial charge in [0.25, 0.3) is 0 Å². The second kappa shape index (κ2) is 9.23. The normalized spacial score (nSPS) is 18.3. The van der Waals surface area contributed by atoms with Gasteiger partial charge in [0, 0.05) is 19.2 Å². The minimum absolute atomic E-state index is 0.143. The fourth-order valence-corrected chi connectivity index (χ4v) is 4.73. The number of hydrogen-bond donors (Lipinski definition) is 1. The molecule has 0 radical (unpaired) electrons. The van der Waals surface area contributed by atoms with Crippen molar-refractivity contribution in [2.45, 2.75) is 32.6 Å². The summed E-state index contributed by atoms with van der Waals surface area (Å²) in [7, 11) is -0.215. The van der Waals surface area contributed by atoms with Crippen LogP contribution in [0, 0.1) is 5.92 Å². The Kier molecular flexibility index (Phi) is 7.28. The van der Waals surface area contributed by atoms with Gasteiger partial charge in [-0.25, -0.2) is 12.7 Å². The van der Waals surface area contributed by atoms with Gasteiger partial charge in [0.1, 0.15) is 11.5 Å². The van der Waals surface area contributed by atoms with Gasteiger partial charge in [-0.1, -0.05) is 13.3 Å². The number of methoxy groups -OCH3 is 2. The summed E-state index contributed by atoms with van der Waals surface area (Å²) < 4.78 is 36.7. The van der Waals surface area contributed by atoms with Gasteiger partial charge in [-0.2, -0.15) is 0 Å². The van der Waals surface area contributed by atoms with E-state index >= 15 is 0 Å². The average molecular weight is 384 g/mol. The predicted octanol–water partition coefficient (Wildman–Crippen LogP) is 2.48. The molecule has 1 unspecified atom stereocenters. The molecule has 1 amide bonds. The largest absolute Gasteiger partial charge is 0.497 e. The van der Waals surface area contributed by atoms with Crippen LogP contribution in [0.3, 0.4) is 0 Å². The third-order valence-electron chi connectivity index (χ3n) is 4.57. The molecule has 7 nitrogen and oxygen atoms in total. The van der Waals surface area contributed by atoms with Crippen LogP contribution in [-0.4, -0.2) is 51.7 Å². The lowest BCUT2D eigenvalue weighted by molar-refractivity contribution is -0.120. The highest BCUT2D eigenvalue weighted by Gasteiger charge is 2.32. The molecule has 1 aromatic rings. The van der Waals surface area contributed by atoms with Gasteiger partial charge in [0.15, 0.2) is 0 Å². The second-order valence-corrected chi connectivity index (χ2v) is 8.51. The number of sulfonamides is 1.